The third-order valence-electron chi connectivity index (χ3n) is 7.85. The standard InChI is InChI=1S/C36H23N3O2/c40-35-28-21-11-13-23-30(28)39-34(38(35)26-18-8-3-9-19-26)31(24-14-4-1-5-15-24)32-27-20-10-12-22-29(27)37(33(32)36(39)41)25-16-6-2-7-17-25/h1-23H. The Kier molecular flexibility index (Phi) is 5.06. The fourth-order valence-corrected chi connectivity index (χ4v) is 6.16. The van der Waals surface area contributed by atoms with Crippen molar-refractivity contribution in [3.8, 4) is 22.5 Å². The van der Waals surface area contributed by atoms with Gasteiger partial charge in [0, 0.05) is 22.0 Å². The van der Waals surface area contributed by atoms with Crippen LogP contribution in [0.4, 0.5) is 0 Å². The highest BCUT2D eigenvalue weighted by Crippen LogP contribution is 2.40. The Morgan fingerprint density at radius 3 is 1.61 bits per heavy atom. The van der Waals surface area contributed by atoms with E-state index in [0.717, 1.165) is 33.1 Å². The maximum Gasteiger partial charge on any atom is 0.281 e. The quantitative estimate of drug-likeness (QED) is 0.224. The molecule has 0 aliphatic carbocycles. The van der Waals surface area contributed by atoms with Gasteiger partial charge >= 0.3 is 0 Å². The molecular weight excluding hydrogens is 506 g/mol. The number of fused-ring (bicyclic) bond motifs is 6. The van der Waals surface area contributed by atoms with E-state index in [-0.39, 0.29) is 11.1 Å². The highest BCUT2D eigenvalue weighted by molar-refractivity contribution is 6.18. The number of aromatic nitrogens is 3. The van der Waals surface area contributed by atoms with Gasteiger partial charge in [0.1, 0.15) is 11.2 Å². The summed E-state index contributed by atoms with van der Waals surface area (Å²) in [7, 11) is 0. The molecule has 0 amide bonds. The third-order valence-corrected chi connectivity index (χ3v) is 7.85. The van der Waals surface area contributed by atoms with Gasteiger partial charge in [0.15, 0.2) is 0 Å². The van der Waals surface area contributed by atoms with Gasteiger partial charge in [-0.1, -0.05) is 97.1 Å². The van der Waals surface area contributed by atoms with Crippen molar-refractivity contribution in [3.63, 3.8) is 0 Å². The summed E-state index contributed by atoms with van der Waals surface area (Å²) in [5.41, 5.74) is 5.61. The molecule has 5 heteroatoms. The molecule has 0 aliphatic rings. The van der Waals surface area contributed by atoms with Crippen LogP contribution in [0, 0.1) is 0 Å². The minimum absolute atomic E-state index is 0.172. The summed E-state index contributed by atoms with van der Waals surface area (Å²) in [5, 5.41) is 2.25. The van der Waals surface area contributed by atoms with Crippen LogP contribution in [0.2, 0.25) is 0 Å². The number of pyridine rings is 1. The van der Waals surface area contributed by atoms with E-state index in [1.54, 1.807) is 15.0 Å². The second-order valence-corrected chi connectivity index (χ2v) is 10.1. The van der Waals surface area contributed by atoms with Crippen molar-refractivity contribution in [3.05, 3.63) is 160 Å². The molecule has 8 aromatic rings. The zero-order chi connectivity index (χ0) is 27.5. The Bertz CT molecular complexity index is 2380. The van der Waals surface area contributed by atoms with Gasteiger partial charge in [-0.15, -0.1) is 0 Å². The van der Waals surface area contributed by atoms with E-state index in [2.05, 4.69) is 10.6 Å². The molecule has 0 atom stereocenters. The molecule has 8 rings (SSSR count). The molecule has 0 saturated carbocycles. The van der Waals surface area contributed by atoms with E-state index in [0.29, 0.717) is 27.8 Å². The molecule has 0 N–H and O–H groups in total. The molecule has 0 saturated heterocycles. The van der Waals surface area contributed by atoms with E-state index >= 15 is 0 Å². The molecule has 0 aliphatic heterocycles. The van der Waals surface area contributed by atoms with Gasteiger partial charge in [-0.3, -0.25) is 18.6 Å². The predicted molar refractivity (Wildman–Crippen MR) is 167 cm³/mol. The first-order valence-electron chi connectivity index (χ1n) is 13.6. The lowest BCUT2D eigenvalue weighted by molar-refractivity contribution is 0.973. The number of benzene rings is 5. The maximum atomic E-state index is 15.0. The fourth-order valence-electron chi connectivity index (χ4n) is 6.16. The minimum atomic E-state index is -0.185. The van der Waals surface area contributed by atoms with E-state index in [4.69, 9.17) is 0 Å². The summed E-state index contributed by atoms with van der Waals surface area (Å²) in [6, 6.07) is 45.1. The van der Waals surface area contributed by atoms with E-state index in [9.17, 15) is 9.59 Å². The van der Waals surface area contributed by atoms with Crippen LogP contribution in [-0.4, -0.2) is 13.5 Å². The van der Waals surface area contributed by atoms with Crippen molar-refractivity contribution in [2.75, 3.05) is 0 Å². The number of hydrogen-bond donors (Lipinski definition) is 0. The molecule has 0 radical (unpaired) electrons. The highest BCUT2D eigenvalue weighted by atomic mass is 16.1. The average molecular weight is 530 g/mol. The number of para-hydroxylation sites is 4. The molecule has 0 unspecified atom stereocenters. The molecule has 0 bridgehead atoms. The van der Waals surface area contributed by atoms with Gasteiger partial charge < -0.3 is 4.57 Å². The van der Waals surface area contributed by atoms with Crippen LogP contribution in [0.5, 0.6) is 0 Å². The van der Waals surface area contributed by atoms with E-state index < -0.39 is 0 Å². The number of rotatable bonds is 3. The van der Waals surface area contributed by atoms with Crippen molar-refractivity contribution in [1.82, 2.24) is 13.5 Å². The van der Waals surface area contributed by atoms with Crippen LogP contribution in [0.3, 0.4) is 0 Å². The monoisotopic (exact) mass is 529 g/mol. The van der Waals surface area contributed by atoms with Crippen molar-refractivity contribution in [2.24, 2.45) is 0 Å². The largest absolute Gasteiger partial charge is 0.304 e. The highest BCUT2D eigenvalue weighted by Gasteiger charge is 2.26. The third kappa shape index (κ3) is 3.29. The predicted octanol–water partition coefficient (Wildman–Crippen LogP) is 7.37. The summed E-state index contributed by atoms with van der Waals surface area (Å²) in [5.74, 6) is 0. The van der Waals surface area contributed by atoms with Crippen molar-refractivity contribution < 1.29 is 0 Å². The molecule has 5 nitrogen and oxygen atoms in total. The minimum Gasteiger partial charge on any atom is -0.304 e. The van der Waals surface area contributed by atoms with Gasteiger partial charge in [-0.25, -0.2) is 0 Å². The van der Waals surface area contributed by atoms with Crippen molar-refractivity contribution in [1.29, 1.82) is 0 Å². The summed E-state index contributed by atoms with van der Waals surface area (Å²) in [6.45, 7) is 0. The zero-order valence-corrected chi connectivity index (χ0v) is 21.9. The van der Waals surface area contributed by atoms with Crippen molar-refractivity contribution in [2.45, 2.75) is 0 Å². The van der Waals surface area contributed by atoms with E-state index in [1.165, 1.54) is 0 Å². The molecule has 3 heterocycles. The first kappa shape index (κ1) is 23.2. The van der Waals surface area contributed by atoms with E-state index in [1.807, 2.05) is 127 Å². The Morgan fingerprint density at radius 1 is 0.439 bits per heavy atom. The number of nitrogens with zero attached hydrogens (tertiary/aromatic N) is 3. The molecule has 194 valence electrons. The van der Waals surface area contributed by atoms with Crippen LogP contribution >= 0.6 is 0 Å². The van der Waals surface area contributed by atoms with Crippen LogP contribution in [0.1, 0.15) is 0 Å². The van der Waals surface area contributed by atoms with Crippen LogP contribution in [-0.2, 0) is 0 Å². The summed E-state index contributed by atoms with van der Waals surface area (Å²) in [4.78, 5) is 29.3. The lowest BCUT2D eigenvalue weighted by Gasteiger charge is -2.19. The molecule has 3 aromatic heterocycles. The van der Waals surface area contributed by atoms with Gasteiger partial charge in [0.2, 0.25) is 0 Å². The Labute approximate surface area is 234 Å². The normalized spacial score (nSPS) is 11.6. The first-order chi connectivity index (χ1) is 20.2. The smallest absolute Gasteiger partial charge is 0.281 e. The molecule has 5 aromatic carbocycles. The average Bonchev–Trinajstić information content (AvgIpc) is 3.38. The lowest BCUT2D eigenvalue weighted by atomic mass is 9.99. The Balaban J connectivity index is 1.78. The first-order valence-corrected chi connectivity index (χ1v) is 13.6. The second kappa shape index (κ2) is 8.93. The summed E-state index contributed by atoms with van der Waals surface area (Å²) < 4.78 is 5.48. The fraction of sp³-hybridized carbons (Fsp3) is 0. The van der Waals surface area contributed by atoms with Crippen LogP contribution in [0.15, 0.2) is 149 Å². The van der Waals surface area contributed by atoms with Crippen molar-refractivity contribution >= 4 is 38.4 Å². The summed E-state index contributed by atoms with van der Waals surface area (Å²) >= 11 is 0. The van der Waals surface area contributed by atoms with Gasteiger partial charge in [-0.2, -0.15) is 0 Å². The van der Waals surface area contributed by atoms with Gasteiger partial charge in [0.25, 0.3) is 11.1 Å². The Morgan fingerprint density at radius 2 is 0.951 bits per heavy atom. The number of hydrogen-bond acceptors (Lipinski definition) is 2. The topological polar surface area (TPSA) is 48.4 Å². The molecule has 0 fully saturated rings. The van der Waals surface area contributed by atoms with Crippen LogP contribution < -0.4 is 11.1 Å². The van der Waals surface area contributed by atoms with Crippen LogP contribution in [0.25, 0.3) is 60.9 Å². The molecule has 0 spiro atoms. The SMILES string of the molecule is O=c1c2ccccc2n2c(=O)c3c(c(-c4ccccc4)c2n1-c1ccccc1)c1ccccc1n3-c1ccccc1. The molecule has 41 heavy (non-hydrogen) atoms. The van der Waals surface area contributed by atoms with Gasteiger partial charge in [-0.05, 0) is 48.0 Å². The Hall–Kier alpha value is -5.68. The maximum absolute atomic E-state index is 15.0. The lowest BCUT2D eigenvalue weighted by Crippen LogP contribution is -2.28. The summed E-state index contributed by atoms with van der Waals surface area (Å²) in [6.07, 6.45) is 0. The second-order valence-electron chi connectivity index (χ2n) is 10.1. The molecular formula is C36H23N3O2. The zero-order valence-electron chi connectivity index (χ0n) is 21.9. The van der Waals surface area contributed by atoms with Gasteiger partial charge in [0.05, 0.1) is 22.1 Å².